The zero-order valence-corrected chi connectivity index (χ0v) is 19.8. The number of anilines is 1. The lowest BCUT2D eigenvalue weighted by Gasteiger charge is -2.09. The summed E-state index contributed by atoms with van der Waals surface area (Å²) in [4.78, 5) is 14.1. The number of aryl methyl sites for hydroxylation is 1. The molecule has 0 amide bonds. The molecule has 176 valence electrons. The summed E-state index contributed by atoms with van der Waals surface area (Å²) in [7, 11) is 0. The fourth-order valence-electron chi connectivity index (χ4n) is 3.80. The molecule has 0 saturated heterocycles. The van der Waals surface area contributed by atoms with Crippen molar-refractivity contribution < 1.29 is 0 Å². The number of aromatic nitrogens is 6. The van der Waals surface area contributed by atoms with Crippen molar-refractivity contribution in [2.24, 2.45) is 0 Å². The highest BCUT2D eigenvalue weighted by atomic mass is 15.4. The van der Waals surface area contributed by atoms with E-state index in [-0.39, 0.29) is 0 Å². The summed E-state index contributed by atoms with van der Waals surface area (Å²) in [5, 5.41) is 21.3. The van der Waals surface area contributed by atoms with Gasteiger partial charge in [-0.25, -0.2) is 14.6 Å². The molecular weight excluding hydrogens is 448 g/mol. The van der Waals surface area contributed by atoms with Crippen LogP contribution in [0.3, 0.4) is 0 Å². The first-order chi connectivity index (χ1) is 17.7. The fraction of sp³-hybridized carbons (Fsp3) is 0.143. The molecule has 0 atom stereocenters. The predicted octanol–water partition coefficient (Wildman–Crippen LogP) is 4.89. The van der Waals surface area contributed by atoms with Gasteiger partial charge < -0.3 is 5.32 Å². The lowest BCUT2D eigenvalue weighted by atomic mass is 10.1. The van der Waals surface area contributed by atoms with Crippen LogP contribution in [0.15, 0.2) is 85.1 Å². The Balaban J connectivity index is 1.47. The predicted molar refractivity (Wildman–Crippen MR) is 138 cm³/mol. The van der Waals surface area contributed by atoms with E-state index < -0.39 is 0 Å². The van der Waals surface area contributed by atoms with Crippen molar-refractivity contribution in [2.75, 3.05) is 5.32 Å². The molecule has 0 bridgehead atoms. The summed E-state index contributed by atoms with van der Waals surface area (Å²) >= 11 is 0. The molecule has 36 heavy (non-hydrogen) atoms. The molecule has 3 aromatic heterocycles. The van der Waals surface area contributed by atoms with E-state index in [1.54, 1.807) is 10.7 Å². The Hall–Kier alpha value is -4.90. The molecule has 0 radical (unpaired) electrons. The van der Waals surface area contributed by atoms with Gasteiger partial charge in [-0.15, -0.1) is 5.10 Å². The van der Waals surface area contributed by atoms with Gasteiger partial charge in [0.15, 0.2) is 0 Å². The summed E-state index contributed by atoms with van der Waals surface area (Å²) in [6.07, 6.45) is 2.74. The average molecular weight is 473 g/mol. The maximum absolute atomic E-state index is 9.34. The average Bonchev–Trinajstić information content (AvgIpc) is 3.41. The van der Waals surface area contributed by atoms with Crippen LogP contribution in [0.4, 0.5) is 5.95 Å². The van der Waals surface area contributed by atoms with E-state index >= 15 is 0 Å². The van der Waals surface area contributed by atoms with E-state index in [9.17, 15) is 5.26 Å². The number of pyridine rings is 1. The summed E-state index contributed by atoms with van der Waals surface area (Å²) in [6.45, 7) is 3.18. The first-order valence-corrected chi connectivity index (χ1v) is 11.7. The Morgan fingerprint density at radius 2 is 1.64 bits per heavy atom. The van der Waals surface area contributed by atoms with Crippen LogP contribution < -0.4 is 5.32 Å². The van der Waals surface area contributed by atoms with Gasteiger partial charge in [0.1, 0.15) is 5.69 Å². The zero-order chi connectivity index (χ0) is 24.7. The lowest BCUT2D eigenvalue weighted by molar-refractivity contribution is 0.636. The van der Waals surface area contributed by atoms with Crippen molar-refractivity contribution in [1.29, 1.82) is 5.26 Å². The van der Waals surface area contributed by atoms with Crippen molar-refractivity contribution >= 4 is 5.95 Å². The van der Waals surface area contributed by atoms with Gasteiger partial charge in [-0.2, -0.15) is 5.26 Å². The van der Waals surface area contributed by atoms with E-state index in [2.05, 4.69) is 33.6 Å². The van der Waals surface area contributed by atoms with E-state index in [0.717, 1.165) is 28.9 Å². The van der Waals surface area contributed by atoms with Gasteiger partial charge in [-0.1, -0.05) is 60.7 Å². The Morgan fingerprint density at radius 3 is 2.47 bits per heavy atom. The second-order valence-electron chi connectivity index (χ2n) is 8.27. The van der Waals surface area contributed by atoms with Crippen LogP contribution in [0.2, 0.25) is 0 Å². The van der Waals surface area contributed by atoms with Gasteiger partial charge in [0.25, 0.3) is 0 Å². The summed E-state index contributed by atoms with van der Waals surface area (Å²) < 4.78 is 1.76. The van der Waals surface area contributed by atoms with Crippen molar-refractivity contribution in [3.63, 3.8) is 0 Å². The first kappa shape index (κ1) is 22.9. The third-order valence-electron chi connectivity index (χ3n) is 5.66. The van der Waals surface area contributed by atoms with Gasteiger partial charge in [0.2, 0.25) is 5.95 Å². The zero-order valence-electron chi connectivity index (χ0n) is 19.8. The van der Waals surface area contributed by atoms with Crippen LogP contribution in [-0.2, 0) is 19.5 Å². The van der Waals surface area contributed by atoms with Gasteiger partial charge in [0, 0.05) is 17.8 Å². The molecule has 1 N–H and O–H groups in total. The Morgan fingerprint density at radius 1 is 0.833 bits per heavy atom. The molecule has 3 heterocycles. The molecule has 0 saturated carbocycles. The van der Waals surface area contributed by atoms with E-state index in [4.69, 9.17) is 9.97 Å². The van der Waals surface area contributed by atoms with Crippen molar-refractivity contribution in [2.45, 2.75) is 26.4 Å². The molecule has 0 unspecified atom stereocenters. The molecule has 0 aliphatic rings. The molecule has 8 heteroatoms. The second-order valence-corrected chi connectivity index (χ2v) is 8.27. The highest BCUT2D eigenvalue weighted by Crippen LogP contribution is 2.25. The molecular formula is C28H24N8. The van der Waals surface area contributed by atoms with Crippen LogP contribution in [0.25, 0.3) is 22.6 Å². The Kier molecular flexibility index (Phi) is 6.72. The summed E-state index contributed by atoms with van der Waals surface area (Å²) in [5.41, 5.74) is 6.44. The molecule has 0 aliphatic heterocycles. The minimum atomic E-state index is 0.473. The monoisotopic (exact) mass is 472 g/mol. The number of hydrogen-bond donors (Lipinski definition) is 1. The van der Waals surface area contributed by atoms with Gasteiger partial charge in [0.05, 0.1) is 41.5 Å². The minimum absolute atomic E-state index is 0.473. The molecule has 8 nitrogen and oxygen atoms in total. The lowest BCUT2D eigenvalue weighted by Crippen LogP contribution is -2.05. The number of rotatable bonds is 8. The standard InChI is InChI=1S/C28H24N8/c1-2-23-12-7-13-24(31-23)18-36-19-27(34-35-36)26-15-25(22-11-6-10-21(14-22)16-29)32-28(33-26)30-17-20-8-4-3-5-9-20/h3-15,19H,2,17-18H2,1H3,(H,30,32,33). The van der Waals surface area contributed by atoms with Crippen molar-refractivity contribution in [3.05, 3.63) is 108 Å². The van der Waals surface area contributed by atoms with Crippen LogP contribution in [0.1, 0.15) is 29.4 Å². The quantitative estimate of drug-likeness (QED) is 0.343. The molecule has 0 aliphatic carbocycles. The highest BCUT2D eigenvalue weighted by Gasteiger charge is 2.13. The molecule has 2 aromatic carbocycles. The normalized spacial score (nSPS) is 10.7. The molecule has 5 rings (SSSR count). The SMILES string of the molecule is CCc1cccc(Cn2cc(-c3cc(-c4cccc(C#N)c4)nc(NCc4ccccc4)n3)nn2)n1. The second kappa shape index (κ2) is 10.6. The van der Waals surface area contributed by atoms with Gasteiger partial charge in [-0.05, 0) is 42.3 Å². The number of hydrogen-bond acceptors (Lipinski definition) is 7. The first-order valence-electron chi connectivity index (χ1n) is 11.7. The smallest absolute Gasteiger partial charge is 0.224 e. The van der Waals surface area contributed by atoms with Crippen LogP contribution in [0.5, 0.6) is 0 Å². The summed E-state index contributed by atoms with van der Waals surface area (Å²) in [6, 6.07) is 27.5. The Labute approximate surface area is 209 Å². The van der Waals surface area contributed by atoms with Gasteiger partial charge in [-0.3, -0.25) is 4.98 Å². The fourth-order valence-corrected chi connectivity index (χ4v) is 3.80. The molecule has 5 aromatic rings. The van der Waals surface area contributed by atoms with Crippen LogP contribution >= 0.6 is 0 Å². The Bertz CT molecular complexity index is 1520. The van der Waals surface area contributed by atoms with Crippen LogP contribution in [0, 0.1) is 11.3 Å². The number of benzene rings is 2. The van der Waals surface area contributed by atoms with E-state index in [0.29, 0.717) is 41.7 Å². The topological polar surface area (TPSA) is 105 Å². The largest absolute Gasteiger partial charge is 0.350 e. The maximum Gasteiger partial charge on any atom is 0.224 e. The molecule has 0 fully saturated rings. The highest BCUT2D eigenvalue weighted by molar-refractivity contribution is 5.68. The molecule has 0 spiro atoms. The van der Waals surface area contributed by atoms with E-state index in [1.807, 2.05) is 79.0 Å². The van der Waals surface area contributed by atoms with E-state index in [1.165, 1.54) is 0 Å². The number of nitriles is 1. The minimum Gasteiger partial charge on any atom is -0.350 e. The van der Waals surface area contributed by atoms with Gasteiger partial charge >= 0.3 is 0 Å². The third kappa shape index (κ3) is 5.42. The maximum atomic E-state index is 9.34. The van der Waals surface area contributed by atoms with Crippen LogP contribution in [-0.4, -0.2) is 29.9 Å². The van der Waals surface area contributed by atoms with Crippen molar-refractivity contribution in [1.82, 2.24) is 29.9 Å². The number of nitrogens with zero attached hydrogens (tertiary/aromatic N) is 7. The van der Waals surface area contributed by atoms with Crippen molar-refractivity contribution in [3.8, 4) is 28.7 Å². The number of nitrogens with one attached hydrogen (secondary N) is 1. The third-order valence-corrected chi connectivity index (χ3v) is 5.66. The summed E-state index contributed by atoms with van der Waals surface area (Å²) in [5.74, 6) is 0.473.